The van der Waals surface area contributed by atoms with Crippen LogP contribution >= 0.6 is 0 Å². The molecule has 0 aromatic heterocycles. The predicted octanol–water partition coefficient (Wildman–Crippen LogP) is 0.0393. The Hall–Kier alpha value is -0.610. The van der Waals surface area contributed by atoms with E-state index in [0.717, 1.165) is 0 Å². The molecule has 0 amide bonds. The Morgan fingerprint density at radius 1 is 1.67 bits per heavy atom. The molecule has 0 aromatic carbocycles. The fourth-order valence-electron chi connectivity index (χ4n) is 1.57. The molecule has 0 aromatic rings. The lowest BCUT2D eigenvalue weighted by atomic mass is 9.87. The molecule has 1 fully saturated rings. The number of hydrogen-bond donors (Lipinski definition) is 1. The van der Waals surface area contributed by atoms with E-state index < -0.39 is 11.4 Å². The molecular formula is C8H15NO3. The minimum Gasteiger partial charge on any atom is -0.481 e. The molecule has 1 atom stereocenters. The summed E-state index contributed by atoms with van der Waals surface area (Å²) >= 11 is 0. The van der Waals surface area contributed by atoms with Crippen LogP contribution in [0.3, 0.4) is 0 Å². The number of rotatable bonds is 3. The molecule has 4 heteroatoms. The first-order valence-electron chi connectivity index (χ1n) is 4.03. The lowest BCUT2D eigenvalue weighted by Crippen LogP contribution is -2.41. The normalized spacial score (nSPS) is 29.6. The van der Waals surface area contributed by atoms with Crippen LogP contribution in [-0.4, -0.2) is 49.8 Å². The molecule has 1 saturated heterocycles. The molecule has 1 aliphatic rings. The maximum absolute atomic E-state index is 11.0. The Morgan fingerprint density at radius 3 is 2.67 bits per heavy atom. The van der Waals surface area contributed by atoms with Crippen molar-refractivity contribution in [3.8, 4) is 0 Å². The standard InChI is InChI=1S/C8H15NO3/c1-9(2)5-8(7(10)11)3-4-12-6-8/h3-6H2,1-2H3,(H,10,11). The monoisotopic (exact) mass is 173 g/mol. The average molecular weight is 173 g/mol. The largest absolute Gasteiger partial charge is 0.481 e. The Labute approximate surface area is 72.1 Å². The smallest absolute Gasteiger partial charge is 0.313 e. The van der Waals surface area contributed by atoms with E-state index in [4.69, 9.17) is 9.84 Å². The first kappa shape index (κ1) is 9.48. The predicted molar refractivity (Wildman–Crippen MR) is 44.1 cm³/mol. The fourth-order valence-corrected chi connectivity index (χ4v) is 1.57. The van der Waals surface area contributed by atoms with Crippen LogP contribution in [0.15, 0.2) is 0 Å². The zero-order valence-electron chi connectivity index (χ0n) is 7.54. The van der Waals surface area contributed by atoms with Crippen molar-refractivity contribution in [1.82, 2.24) is 4.90 Å². The maximum Gasteiger partial charge on any atom is 0.313 e. The summed E-state index contributed by atoms with van der Waals surface area (Å²) in [4.78, 5) is 12.8. The molecular weight excluding hydrogens is 158 g/mol. The van der Waals surface area contributed by atoms with E-state index in [-0.39, 0.29) is 0 Å². The molecule has 0 bridgehead atoms. The van der Waals surface area contributed by atoms with Gasteiger partial charge in [-0.05, 0) is 20.5 Å². The van der Waals surface area contributed by atoms with Gasteiger partial charge in [0, 0.05) is 13.2 Å². The summed E-state index contributed by atoms with van der Waals surface area (Å²) in [6.07, 6.45) is 0.626. The van der Waals surface area contributed by atoms with E-state index >= 15 is 0 Å². The van der Waals surface area contributed by atoms with Gasteiger partial charge in [-0.3, -0.25) is 4.79 Å². The quantitative estimate of drug-likeness (QED) is 0.654. The first-order chi connectivity index (χ1) is 5.57. The topological polar surface area (TPSA) is 49.8 Å². The zero-order valence-corrected chi connectivity index (χ0v) is 7.54. The van der Waals surface area contributed by atoms with Crippen LogP contribution < -0.4 is 0 Å². The van der Waals surface area contributed by atoms with Crippen molar-refractivity contribution in [2.45, 2.75) is 6.42 Å². The van der Waals surface area contributed by atoms with E-state index in [0.29, 0.717) is 26.2 Å². The molecule has 1 unspecified atom stereocenters. The van der Waals surface area contributed by atoms with Crippen molar-refractivity contribution in [3.05, 3.63) is 0 Å². The number of nitrogens with zero attached hydrogens (tertiary/aromatic N) is 1. The molecule has 70 valence electrons. The molecule has 1 heterocycles. The lowest BCUT2D eigenvalue weighted by molar-refractivity contribution is -0.149. The highest BCUT2D eigenvalue weighted by atomic mass is 16.5. The van der Waals surface area contributed by atoms with Gasteiger partial charge in [0.1, 0.15) is 5.41 Å². The second kappa shape index (κ2) is 3.41. The van der Waals surface area contributed by atoms with Gasteiger partial charge in [0.15, 0.2) is 0 Å². The fraction of sp³-hybridized carbons (Fsp3) is 0.875. The third-order valence-electron chi connectivity index (χ3n) is 2.18. The van der Waals surface area contributed by atoms with Crippen LogP contribution in [0.5, 0.6) is 0 Å². The molecule has 0 radical (unpaired) electrons. The van der Waals surface area contributed by atoms with Crippen molar-refractivity contribution < 1.29 is 14.6 Å². The Bertz CT molecular complexity index is 173. The summed E-state index contributed by atoms with van der Waals surface area (Å²) in [6.45, 7) is 1.48. The molecule has 12 heavy (non-hydrogen) atoms. The third kappa shape index (κ3) is 1.76. The highest BCUT2D eigenvalue weighted by molar-refractivity contribution is 5.75. The number of ether oxygens (including phenoxy) is 1. The van der Waals surface area contributed by atoms with Crippen LogP contribution in [0.1, 0.15) is 6.42 Å². The Kier molecular flexibility index (Phi) is 2.69. The third-order valence-corrected chi connectivity index (χ3v) is 2.18. The van der Waals surface area contributed by atoms with Gasteiger partial charge in [-0.1, -0.05) is 0 Å². The number of carboxylic acid groups (broad SMARTS) is 1. The number of hydrogen-bond acceptors (Lipinski definition) is 3. The van der Waals surface area contributed by atoms with E-state index in [1.807, 2.05) is 19.0 Å². The van der Waals surface area contributed by atoms with E-state index in [1.165, 1.54) is 0 Å². The Morgan fingerprint density at radius 2 is 2.33 bits per heavy atom. The van der Waals surface area contributed by atoms with Gasteiger partial charge >= 0.3 is 5.97 Å². The summed E-state index contributed by atoms with van der Waals surface area (Å²) in [5.74, 6) is -0.742. The van der Waals surface area contributed by atoms with Gasteiger partial charge in [-0.2, -0.15) is 0 Å². The van der Waals surface area contributed by atoms with Crippen molar-refractivity contribution in [1.29, 1.82) is 0 Å². The van der Waals surface area contributed by atoms with Crippen molar-refractivity contribution in [3.63, 3.8) is 0 Å². The van der Waals surface area contributed by atoms with E-state index in [1.54, 1.807) is 0 Å². The molecule has 0 spiro atoms. The molecule has 0 aliphatic carbocycles. The van der Waals surface area contributed by atoms with Crippen LogP contribution in [0, 0.1) is 5.41 Å². The minimum absolute atomic E-state index is 0.348. The average Bonchev–Trinajstić information content (AvgIpc) is 2.35. The van der Waals surface area contributed by atoms with Gasteiger partial charge < -0.3 is 14.7 Å². The molecule has 1 aliphatic heterocycles. The molecule has 0 saturated carbocycles. The van der Waals surface area contributed by atoms with Gasteiger partial charge in [-0.15, -0.1) is 0 Å². The molecule has 1 N–H and O–H groups in total. The number of carboxylic acids is 1. The highest BCUT2D eigenvalue weighted by Crippen LogP contribution is 2.29. The number of carbonyl (C=O) groups is 1. The zero-order chi connectivity index (χ0) is 9.19. The second-order valence-corrected chi connectivity index (χ2v) is 3.63. The van der Waals surface area contributed by atoms with Crippen LogP contribution in [0.4, 0.5) is 0 Å². The van der Waals surface area contributed by atoms with Crippen molar-refractivity contribution in [2.75, 3.05) is 33.9 Å². The van der Waals surface area contributed by atoms with Gasteiger partial charge in [0.2, 0.25) is 0 Å². The SMILES string of the molecule is CN(C)CC1(C(=O)O)CCOC1. The van der Waals surface area contributed by atoms with Crippen LogP contribution in [0.2, 0.25) is 0 Å². The van der Waals surface area contributed by atoms with Crippen LogP contribution in [-0.2, 0) is 9.53 Å². The molecule has 4 nitrogen and oxygen atoms in total. The van der Waals surface area contributed by atoms with Gasteiger partial charge in [-0.25, -0.2) is 0 Å². The van der Waals surface area contributed by atoms with Crippen molar-refractivity contribution in [2.24, 2.45) is 5.41 Å². The summed E-state index contributed by atoms with van der Waals surface area (Å²) in [6, 6.07) is 0. The second-order valence-electron chi connectivity index (χ2n) is 3.63. The maximum atomic E-state index is 11.0. The molecule has 1 rings (SSSR count). The minimum atomic E-state index is -0.742. The summed E-state index contributed by atoms with van der Waals surface area (Å²) in [5.41, 5.74) is -0.663. The lowest BCUT2D eigenvalue weighted by Gasteiger charge is -2.25. The van der Waals surface area contributed by atoms with Crippen LogP contribution in [0.25, 0.3) is 0 Å². The van der Waals surface area contributed by atoms with E-state index in [2.05, 4.69) is 0 Å². The summed E-state index contributed by atoms with van der Waals surface area (Å²) < 4.78 is 5.12. The van der Waals surface area contributed by atoms with E-state index in [9.17, 15) is 4.79 Å². The highest BCUT2D eigenvalue weighted by Gasteiger charge is 2.42. The Balaban J connectivity index is 2.65. The van der Waals surface area contributed by atoms with Gasteiger partial charge in [0.25, 0.3) is 0 Å². The number of aliphatic carboxylic acids is 1. The summed E-state index contributed by atoms with van der Waals surface area (Å²) in [5, 5.41) is 9.01. The summed E-state index contributed by atoms with van der Waals surface area (Å²) in [7, 11) is 3.76. The first-order valence-corrected chi connectivity index (χ1v) is 4.03. The van der Waals surface area contributed by atoms with Gasteiger partial charge in [0.05, 0.1) is 6.61 Å². The van der Waals surface area contributed by atoms with Crippen molar-refractivity contribution >= 4 is 5.97 Å².